The topological polar surface area (TPSA) is 135 Å². The van der Waals surface area contributed by atoms with E-state index in [-0.39, 0.29) is 30.0 Å². The van der Waals surface area contributed by atoms with Crippen LogP contribution < -0.4 is 20.7 Å². The van der Waals surface area contributed by atoms with Gasteiger partial charge in [0.2, 0.25) is 5.95 Å². The number of carbonyl (C=O) groups excluding carboxylic acids is 1. The Kier molecular flexibility index (Phi) is 6.61. The standard InChI is InChI=1S/C24H27F3N8O3/c1-33-7-8-35(15(11-33)12-36)14-4-6-18(38-24(25,26)27)17(9-14)30-23-29-10-13-3-5-16-20(22(28)37)32-34(2)21(16)19(13)31-23/h4,6,9-10,15,36H,3,5,7-8,11-12H2,1-2H3,(H2,28,37)(H,29,30,31). The van der Waals surface area contributed by atoms with Gasteiger partial charge in [-0.3, -0.25) is 9.48 Å². The summed E-state index contributed by atoms with van der Waals surface area (Å²) in [6.45, 7) is 1.81. The summed E-state index contributed by atoms with van der Waals surface area (Å²) in [7, 11) is 3.61. The molecule has 1 atom stereocenters. The van der Waals surface area contributed by atoms with Gasteiger partial charge < -0.3 is 30.7 Å². The molecule has 1 unspecified atom stereocenters. The van der Waals surface area contributed by atoms with Gasteiger partial charge in [-0.1, -0.05) is 0 Å². The van der Waals surface area contributed by atoms with Crippen molar-refractivity contribution in [1.82, 2.24) is 24.6 Å². The van der Waals surface area contributed by atoms with Crippen molar-refractivity contribution in [1.29, 1.82) is 0 Å². The van der Waals surface area contributed by atoms with Crippen LogP contribution in [0.3, 0.4) is 0 Å². The van der Waals surface area contributed by atoms with Gasteiger partial charge in [-0.05, 0) is 43.7 Å². The number of hydrogen-bond donors (Lipinski definition) is 3. The van der Waals surface area contributed by atoms with Crippen molar-refractivity contribution in [2.45, 2.75) is 25.2 Å². The first kappa shape index (κ1) is 25.7. The van der Waals surface area contributed by atoms with Crippen molar-refractivity contribution in [3.05, 3.63) is 41.2 Å². The number of amides is 1. The maximum Gasteiger partial charge on any atom is 0.573 e. The van der Waals surface area contributed by atoms with Crippen LogP contribution in [0.2, 0.25) is 0 Å². The number of aromatic nitrogens is 4. The molecule has 0 spiro atoms. The van der Waals surface area contributed by atoms with E-state index < -0.39 is 18.0 Å². The molecule has 11 nitrogen and oxygen atoms in total. The Hall–Kier alpha value is -3.91. The van der Waals surface area contributed by atoms with E-state index in [1.165, 1.54) is 22.9 Å². The van der Waals surface area contributed by atoms with Crippen LogP contribution in [0.4, 0.5) is 30.5 Å². The third kappa shape index (κ3) is 4.96. The van der Waals surface area contributed by atoms with Crippen LogP contribution >= 0.6 is 0 Å². The molecule has 1 aliphatic heterocycles. The van der Waals surface area contributed by atoms with Crippen LogP contribution in [-0.4, -0.2) is 81.4 Å². The number of likely N-dealkylation sites (N-methyl/N-ethyl adjacent to an activating group) is 1. The number of nitrogens with one attached hydrogen (secondary N) is 1. The fraction of sp³-hybridized carbons (Fsp3) is 0.417. The van der Waals surface area contributed by atoms with Crippen LogP contribution in [0.5, 0.6) is 5.75 Å². The van der Waals surface area contributed by atoms with Crippen molar-refractivity contribution in [3.8, 4) is 17.1 Å². The number of aliphatic hydroxyl groups is 1. The normalized spacial score (nSPS) is 17.6. The Labute approximate surface area is 216 Å². The minimum Gasteiger partial charge on any atom is -0.404 e. The highest BCUT2D eigenvalue weighted by molar-refractivity contribution is 5.94. The number of primary amides is 1. The molecule has 1 aliphatic carbocycles. The van der Waals surface area contributed by atoms with E-state index in [1.54, 1.807) is 13.2 Å². The Balaban J connectivity index is 1.53. The number of carbonyl (C=O) groups is 1. The monoisotopic (exact) mass is 532 g/mol. The quantitative estimate of drug-likeness (QED) is 0.435. The number of aryl methyl sites for hydroxylation is 2. The Morgan fingerprint density at radius 2 is 2.05 bits per heavy atom. The van der Waals surface area contributed by atoms with Crippen molar-refractivity contribution >= 4 is 23.2 Å². The summed E-state index contributed by atoms with van der Waals surface area (Å²) in [5, 5.41) is 17.0. The first-order valence-electron chi connectivity index (χ1n) is 12.0. The lowest BCUT2D eigenvalue weighted by Gasteiger charge is -2.40. The molecule has 4 N–H and O–H groups in total. The van der Waals surface area contributed by atoms with Crippen molar-refractivity contribution < 1.29 is 27.8 Å². The van der Waals surface area contributed by atoms with Gasteiger partial charge in [0.1, 0.15) is 0 Å². The summed E-state index contributed by atoms with van der Waals surface area (Å²) in [6, 6.07) is 4.06. The highest BCUT2D eigenvalue weighted by atomic mass is 19.4. The van der Waals surface area contributed by atoms with E-state index in [4.69, 9.17) is 5.73 Å². The second-order valence-corrected chi connectivity index (χ2v) is 9.38. The molecule has 2 aromatic heterocycles. The second kappa shape index (κ2) is 9.76. The number of hydrogen-bond acceptors (Lipinski definition) is 9. The lowest BCUT2D eigenvalue weighted by Crippen LogP contribution is -2.53. The molecule has 0 saturated carbocycles. The Morgan fingerprint density at radius 3 is 2.76 bits per heavy atom. The van der Waals surface area contributed by atoms with Crippen molar-refractivity contribution in [2.75, 3.05) is 43.5 Å². The molecule has 3 heterocycles. The third-order valence-corrected chi connectivity index (χ3v) is 6.78. The van der Waals surface area contributed by atoms with Gasteiger partial charge in [-0.25, -0.2) is 9.97 Å². The van der Waals surface area contributed by atoms with Crippen LogP contribution in [0.15, 0.2) is 24.4 Å². The highest BCUT2D eigenvalue weighted by Crippen LogP contribution is 2.38. The number of ether oxygens (including phenoxy) is 1. The largest absolute Gasteiger partial charge is 0.573 e. The Bertz CT molecular complexity index is 1380. The molecule has 1 aromatic carbocycles. The van der Waals surface area contributed by atoms with E-state index in [0.717, 1.165) is 12.1 Å². The summed E-state index contributed by atoms with van der Waals surface area (Å²) in [5.74, 6) is -1.05. The number of aliphatic hydroxyl groups excluding tert-OH is 1. The van der Waals surface area contributed by atoms with Crippen LogP contribution in [0.25, 0.3) is 11.4 Å². The number of piperazine rings is 1. The average molecular weight is 533 g/mol. The Morgan fingerprint density at radius 1 is 1.26 bits per heavy atom. The summed E-state index contributed by atoms with van der Waals surface area (Å²) in [5.41, 5.74) is 8.88. The highest BCUT2D eigenvalue weighted by Gasteiger charge is 2.33. The van der Waals surface area contributed by atoms with E-state index >= 15 is 0 Å². The van der Waals surface area contributed by atoms with Crippen molar-refractivity contribution in [3.63, 3.8) is 0 Å². The average Bonchev–Trinajstić information content (AvgIpc) is 3.21. The summed E-state index contributed by atoms with van der Waals surface area (Å²) < 4.78 is 45.4. The third-order valence-electron chi connectivity index (χ3n) is 6.78. The first-order chi connectivity index (χ1) is 18.0. The van der Waals surface area contributed by atoms with Crippen LogP contribution in [0.1, 0.15) is 21.6 Å². The molecular formula is C24H27F3N8O3. The maximum absolute atomic E-state index is 13.2. The van der Waals surface area contributed by atoms with E-state index in [1.807, 2.05) is 11.9 Å². The molecule has 202 valence electrons. The number of nitrogens with zero attached hydrogens (tertiary/aromatic N) is 6. The van der Waals surface area contributed by atoms with Crippen LogP contribution in [-0.2, 0) is 19.9 Å². The number of anilines is 3. The van der Waals surface area contributed by atoms with Crippen LogP contribution in [0, 0.1) is 0 Å². The molecule has 0 bridgehead atoms. The lowest BCUT2D eigenvalue weighted by atomic mass is 9.93. The van der Waals surface area contributed by atoms with E-state index in [0.29, 0.717) is 48.6 Å². The van der Waals surface area contributed by atoms with Gasteiger partial charge in [0.25, 0.3) is 5.91 Å². The summed E-state index contributed by atoms with van der Waals surface area (Å²) in [4.78, 5) is 24.8. The molecule has 2 aliphatic rings. The zero-order valence-electron chi connectivity index (χ0n) is 20.8. The fourth-order valence-corrected chi connectivity index (χ4v) is 5.05. The predicted octanol–water partition coefficient (Wildman–Crippen LogP) is 1.83. The van der Waals surface area contributed by atoms with E-state index in [9.17, 15) is 23.1 Å². The summed E-state index contributed by atoms with van der Waals surface area (Å²) >= 11 is 0. The minimum absolute atomic E-state index is 0.00857. The van der Waals surface area contributed by atoms with Gasteiger partial charge in [-0.15, -0.1) is 13.2 Å². The number of fused-ring (bicyclic) bond motifs is 3. The maximum atomic E-state index is 13.2. The second-order valence-electron chi connectivity index (χ2n) is 9.38. The van der Waals surface area contributed by atoms with Gasteiger partial charge in [0.15, 0.2) is 11.4 Å². The molecule has 5 rings (SSSR count). The number of nitrogens with two attached hydrogens (primary N) is 1. The molecular weight excluding hydrogens is 505 g/mol. The molecule has 14 heteroatoms. The molecule has 3 aromatic rings. The minimum atomic E-state index is -4.91. The SMILES string of the molecule is CN1CCN(c2ccc(OC(F)(F)F)c(Nc3ncc4c(n3)-c3c(c(C(N)=O)nn3C)CC4)c2)C(CO)C1. The molecule has 38 heavy (non-hydrogen) atoms. The van der Waals surface area contributed by atoms with Gasteiger partial charge in [0, 0.05) is 44.1 Å². The number of halogens is 3. The first-order valence-corrected chi connectivity index (χ1v) is 12.0. The zero-order chi connectivity index (χ0) is 27.2. The molecule has 1 amide bonds. The zero-order valence-corrected chi connectivity index (χ0v) is 20.8. The van der Waals surface area contributed by atoms with E-state index in [2.05, 4.69) is 30.0 Å². The van der Waals surface area contributed by atoms with Gasteiger partial charge in [-0.2, -0.15) is 5.10 Å². The molecule has 0 radical (unpaired) electrons. The molecule has 1 fully saturated rings. The lowest BCUT2D eigenvalue weighted by molar-refractivity contribution is -0.274. The fourth-order valence-electron chi connectivity index (χ4n) is 5.05. The number of rotatable bonds is 6. The van der Waals surface area contributed by atoms with Gasteiger partial charge in [0.05, 0.1) is 29.7 Å². The van der Waals surface area contributed by atoms with Crippen molar-refractivity contribution in [2.24, 2.45) is 12.8 Å². The number of benzene rings is 1. The smallest absolute Gasteiger partial charge is 0.404 e. The predicted molar refractivity (Wildman–Crippen MR) is 132 cm³/mol. The van der Waals surface area contributed by atoms with Gasteiger partial charge >= 0.3 is 6.36 Å². The molecule has 1 saturated heterocycles. The summed E-state index contributed by atoms with van der Waals surface area (Å²) in [6.07, 6.45) is -2.22. The number of alkyl halides is 3.